The number of imidazole rings is 1. The minimum Gasteiger partial charge on any atom is -0.494 e. The van der Waals surface area contributed by atoms with Crippen molar-refractivity contribution in [2.75, 3.05) is 49.8 Å². The van der Waals surface area contributed by atoms with Crippen LogP contribution in [0.1, 0.15) is 6.42 Å². The first-order valence-corrected chi connectivity index (χ1v) is 12.2. The van der Waals surface area contributed by atoms with Gasteiger partial charge in [-0.1, -0.05) is 18.7 Å². The topological polar surface area (TPSA) is 99.9 Å². The smallest absolute Gasteiger partial charge is 0.247 e. The molecular weight excluding hydrogens is 487 g/mol. The van der Waals surface area contributed by atoms with Crippen LogP contribution in [0.4, 0.5) is 27.4 Å². The van der Waals surface area contributed by atoms with Gasteiger partial charge in [-0.3, -0.25) is 4.79 Å². The molecule has 4 aromatic rings. The summed E-state index contributed by atoms with van der Waals surface area (Å²) in [5.74, 6) is 0.615. The molecule has 2 N–H and O–H groups in total. The van der Waals surface area contributed by atoms with Crippen LogP contribution in [0, 0.1) is 5.82 Å². The Kier molecular flexibility index (Phi) is 6.93. The van der Waals surface area contributed by atoms with E-state index in [0.717, 1.165) is 25.2 Å². The van der Waals surface area contributed by atoms with Crippen molar-refractivity contribution in [3.05, 3.63) is 67.3 Å². The second-order valence-corrected chi connectivity index (χ2v) is 9.21. The third-order valence-corrected chi connectivity index (χ3v) is 6.66. The standard InChI is InChI=1S/C27H29FN8O2/c1-5-25(37)31-21-12-22(24(38-4)13-23(21)35(3)19-9-10-34(2)16-19)32-27-30-15-20-14-29-26(36(20)33-27)17-7-6-8-18(28)11-17/h5-8,11-15,19H,1,9-10,16H2,2-4H3,(H,31,37)(H,32,33). The summed E-state index contributed by atoms with van der Waals surface area (Å²) < 4.78 is 21.1. The quantitative estimate of drug-likeness (QED) is 0.340. The van der Waals surface area contributed by atoms with E-state index in [-0.39, 0.29) is 23.7 Å². The lowest BCUT2D eigenvalue weighted by Crippen LogP contribution is -2.34. The second kappa shape index (κ2) is 10.5. The molecule has 2 aromatic carbocycles. The number of hydrogen-bond acceptors (Lipinski definition) is 8. The number of ether oxygens (including phenoxy) is 1. The first kappa shape index (κ1) is 25.2. The van der Waals surface area contributed by atoms with Crippen LogP contribution in [-0.2, 0) is 4.79 Å². The van der Waals surface area contributed by atoms with E-state index in [1.807, 2.05) is 13.1 Å². The molecule has 1 fully saturated rings. The molecule has 0 saturated carbocycles. The fourth-order valence-electron chi connectivity index (χ4n) is 4.64. The zero-order valence-electron chi connectivity index (χ0n) is 21.5. The van der Waals surface area contributed by atoms with Crippen molar-refractivity contribution in [3.63, 3.8) is 0 Å². The third-order valence-electron chi connectivity index (χ3n) is 6.66. The number of aromatic nitrogens is 4. The molecule has 1 unspecified atom stereocenters. The third kappa shape index (κ3) is 5.00. The summed E-state index contributed by atoms with van der Waals surface area (Å²) in [6, 6.07) is 10.1. The lowest BCUT2D eigenvalue weighted by Gasteiger charge is -2.29. The molecule has 3 heterocycles. The first-order chi connectivity index (χ1) is 18.4. The van der Waals surface area contributed by atoms with E-state index in [4.69, 9.17) is 4.74 Å². The zero-order valence-corrected chi connectivity index (χ0v) is 21.5. The summed E-state index contributed by atoms with van der Waals surface area (Å²) in [4.78, 5) is 25.5. The van der Waals surface area contributed by atoms with Crippen molar-refractivity contribution in [1.29, 1.82) is 0 Å². The first-order valence-electron chi connectivity index (χ1n) is 12.2. The Morgan fingerprint density at radius 3 is 2.76 bits per heavy atom. The molecule has 1 atom stereocenters. The number of amides is 1. The SMILES string of the molecule is C=CC(=O)Nc1cc(Nc2ncc3cnc(-c4cccc(F)c4)n3n2)c(OC)cc1N(C)C1CCN(C)C1. The molecule has 0 bridgehead atoms. The van der Waals surface area contributed by atoms with Crippen LogP contribution in [0.2, 0.25) is 0 Å². The van der Waals surface area contributed by atoms with Gasteiger partial charge in [0.1, 0.15) is 17.1 Å². The number of methoxy groups -OCH3 is 1. The van der Waals surface area contributed by atoms with E-state index in [1.54, 1.807) is 42.2 Å². The number of halogens is 1. The number of benzene rings is 2. The lowest BCUT2D eigenvalue weighted by atomic mass is 10.1. The van der Waals surface area contributed by atoms with Crippen LogP contribution >= 0.6 is 0 Å². The molecule has 1 saturated heterocycles. The molecule has 0 aliphatic carbocycles. The Bertz CT molecular complexity index is 1500. The number of nitrogens with one attached hydrogen (secondary N) is 2. The van der Waals surface area contributed by atoms with Gasteiger partial charge in [-0.25, -0.2) is 18.9 Å². The van der Waals surface area contributed by atoms with E-state index in [9.17, 15) is 9.18 Å². The van der Waals surface area contributed by atoms with Crippen molar-refractivity contribution in [3.8, 4) is 17.1 Å². The number of hydrogen-bond donors (Lipinski definition) is 2. The number of likely N-dealkylation sites (N-methyl/N-ethyl adjacent to an activating group) is 2. The van der Waals surface area contributed by atoms with Gasteiger partial charge in [0.2, 0.25) is 11.9 Å². The van der Waals surface area contributed by atoms with Gasteiger partial charge in [0.15, 0.2) is 5.82 Å². The maximum atomic E-state index is 13.8. The minimum atomic E-state index is -0.361. The monoisotopic (exact) mass is 516 g/mol. The van der Waals surface area contributed by atoms with Crippen LogP contribution in [0.25, 0.3) is 16.9 Å². The fourth-order valence-corrected chi connectivity index (χ4v) is 4.64. The number of carbonyl (C=O) groups excluding carboxylic acids is 1. The van der Waals surface area contributed by atoms with E-state index < -0.39 is 0 Å². The molecule has 10 nitrogen and oxygen atoms in total. The largest absolute Gasteiger partial charge is 0.494 e. The van der Waals surface area contributed by atoms with E-state index in [1.165, 1.54) is 18.2 Å². The van der Waals surface area contributed by atoms with Crippen molar-refractivity contribution < 1.29 is 13.9 Å². The summed E-state index contributed by atoms with van der Waals surface area (Å²) in [5.41, 5.74) is 3.21. The molecule has 196 valence electrons. The number of rotatable bonds is 8. The molecule has 2 aromatic heterocycles. The molecule has 1 amide bonds. The summed E-state index contributed by atoms with van der Waals surface area (Å²) in [6.07, 6.45) is 5.49. The van der Waals surface area contributed by atoms with Crippen LogP contribution in [0.15, 0.2) is 61.4 Å². The maximum Gasteiger partial charge on any atom is 0.247 e. The molecule has 1 aliphatic rings. The van der Waals surface area contributed by atoms with Gasteiger partial charge < -0.3 is 25.2 Å². The van der Waals surface area contributed by atoms with Gasteiger partial charge in [-0.15, -0.1) is 5.10 Å². The van der Waals surface area contributed by atoms with Crippen molar-refractivity contribution >= 4 is 34.4 Å². The van der Waals surface area contributed by atoms with E-state index in [0.29, 0.717) is 34.0 Å². The summed E-state index contributed by atoms with van der Waals surface area (Å²) in [7, 11) is 5.69. The van der Waals surface area contributed by atoms with Crippen molar-refractivity contribution in [2.24, 2.45) is 0 Å². The van der Waals surface area contributed by atoms with Crippen LogP contribution in [-0.4, -0.2) is 70.7 Å². The van der Waals surface area contributed by atoms with Crippen LogP contribution < -0.4 is 20.3 Å². The normalized spacial score (nSPS) is 15.4. The van der Waals surface area contributed by atoms with Gasteiger partial charge in [0.25, 0.3) is 0 Å². The Morgan fingerprint density at radius 2 is 2.05 bits per heavy atom. The molecule has 0 radical (unpaired) electrons. The van der Waals surface area contributed by atoms with E-state index >= 15 is 0 Å². The summed E-state index contributed by atoms with van der Waals surface area (Å²) in [5, 5.41) is 10.7. The zero-order chi connectivity index (χ0) is 26.8. The molecule has 1 aliphatic heterocycles. The fraction of sp³-hybridized carbons (Fsp3) is 0.259. The molecule has 0 spiro atoms. The van der Waals surface area contributed by atoms with Gasteiger partial charge in [0, 0.05) is 31.3 Å². The molecule has 5 rings (SSSR count). The maximum absolute atomic E-state index is 13.8. The Labute approximate surface area is 219 Å². The Hall–Kier alpha value is -4.51. The second-order valence-electron chi connectivity index (χ2n) is 9.21. The summed E-state index contributed by atoms with van der Waals surface area (Å²) >= 11 is 0. The van der Waals surface area contributed by atoms with Crippen molar-refractivity contribution in [2.45, 2.75) is 12.5 Å². The molecule has 38 heavy (non-hydrogen) atoms. The van der Waals surface area contributed by atoms with Gasteiger partial charge in [-0.05, 0) is 44.3 Å². The molecular formula is C27H29FN8O2. The predicted molar refractivity (Wildman–Crippen MR) is 146 cm³/mol. The Morgan fingerprint density at radius 1 is 1.24 bits per heavy atom. The average Bonchev–Trinajstić information content (AvgIpc) is 3.54. The lowest BCUT2D eigenvalue weighted by molar-refractivity contribution is -0.111. The summed E-state index contributed by atoms with van der Waals surface area (Å²) in [6.45, 7) is 5.50. The molecule has 11 heteroatoms. The average molecular weight is 517 g/mol. The number of fused-ring (bicyclic) bond motifs is 1. The number of likely N-dealkylation sites (tertiary alicyclic amines) is 1. The van der Waals surface area contributed by atoms with Gasteiger partial charge in [0.05, 0.1) is 36.6 Å². The number of carbonyl (C=O) groups is 1. The van der Waals surface area contributed by atoms with Crippen molar-refractivity contribution in [1.82, 2.24) is 24.5 Å². The number of nitrogens with zero attached hydrogens (tertiary/aromatic N) is 6. The predicted octanol–water partition coefficient (Wildman–Crippen LogP) is 3.95. The highest BCUT2D eigenvalue weighted by Crippen LogP contribution is 2.39. The minimum absolute atomic E-state index is 0.269. The van der Waals surface area contributed by atoms with Crippen LogP contribution in [0.5, 0.6) is 5.75 Å². The highest BCUT2D eigenvalue weighted by atomic mass is 19.1. The Balaban J connectivity index is 1.52. The van der Waals surface area contributed by atoms with Gasteiger partial charge in [-0.2, -0.15) is 0 Å². The number of anilines is 4. The highest BCUT2D eigenvalue weighted by molar-refractivity contribution is 6.02. The van der Waals surface area contributed by atoms with Gasteiger partial charge >= 0.3 is 0 Å². The highest BCUT2D eigenvalue weighted by Gasteiger charge is 2.26. The van der Waals surface area contributed by atoms with E-state index in [2.05, 4.69) is 49.1 Å². The van der Waals surface area contributed by atoms with Crippen LogP contribution in [0.3, 0.4) is 0 Å².